The molecule has 3 heteroatoms. The molecule has 8 rings (SSSR count). The Morgan fingerprint density at radius 3 is 2.19 bits per heavy atom. The SMILES string of the molecule is C=C(/C=C\C=C/C)c1ccccc1Nc1ccccc1.Cc1ccc2c(c1)c1ccc3c4ccccc4oc3c1n2-c1ccccc1. The van der Waals surface area contributed by atoms with Crippen LogP contribution in [0.1, 0.15) is 18.1 Å². The molecule has 0 aliphatic rings. The van der Waals surface area contributed by atoms with E-state index in [4.69, 9.17) is 4.42 Å². The maximum Gasteiger partial charge on any atom is 0.160 e. The number of aryl methyl sites for hydroxylation is 1. The van der Waals surface area contributed by atoms with Crippen LogP contribution in [0, 0.1) is 6.92 Å². The van der Waals surface area contributed by atoms with Crippen LogP contribution in [-0.2, 0) is 0 Å². The van der Waals surface area contributed by atoms with Crippen molar-refractivity contribution in [1.29, 1.82) is 0 Å². The lowest BCUT2D eigenvalue weighted by molar-refractivity contribution is 0.671. The van der Waals surface area contributed by atoms with E-state index >= 15 is 0 Å². The van der Waals surface area contributed by atoms with E-state index < -0.39 is 0 Å². The van der Waals surface area contributed by atoms with Crippen molar-refractivity contribution in [1.82, 2.24) is 4.57 Å². The molecule has 0 bridgehead atoms. The van der Waals surface area contributed by atoms with E-state index in [-0.39, 0.29) is 0 Å². The van der Waals surface area contributed by atoms with Gasteiger partial charge in [0, 0.05) is 44.2 Å². The highest BCUT2D eigenvalue weighted by atomic mass is 16.3. The van der Waals surface area contributed by atoms with Crippen LogP contribution in [0.15, 0.2) is 175 Å². The molecular formula is C44H36N2O. The Hall–Kier alpha value is -6.06. The van der Waals surface area contributed by atoms with Crippen molar-refractivity contribution in [3.8, 4) is 5.69 Å². The molecule has 0 unspecified atom stereocenters. The van der Waals surface area contributed by atoms with Gasteiger partial charge in [-0.2, -0.15) is 0 Å². The van der Waals surface area contributed by atoms with Gasteiger partial charge < -0.3 is 14.3 Å². The fourth-order valence-electron chi connectivity index (χ4n) is 6.16. The molecule has 0 spiro atoms. The highest BCUT2D eigenvalue weighted by Gasteiger charge is 2.18. The minimum absolute atomic E-state index is 0.932. The number of allylic oxidation sites excluding steroid dienone is 5. The number of para-hydroxylation sites is 4. The van der Waals surface area contributed by atoms with Crippen LogP contribution in [0.4, 0.5) is 11.4 Å². The number of fused-ring (bicyclic) bond motifs is 7. The number of benzene rings is 6. The summed E-state index contributed by atoms with van der Waals surface area (Å²) < 4.78 is 8.70. The molecule has 8 aromatic rings. The molecule has 2 heterocycles. The summed E-state index contributed by atoms with van der Waals surface area (Å²) in [6.07, 6.45) is 8.02. The summed E-state index contributed by atoms with van der Waals surface area (Å²) in [5, 5.41) is 8.24. The van der Waals surface area contributed by atoms with Gasteiger partial charge in [-0.25, -0.2) is 0 Å². The molecule has 6 aromatic carbocycles. The maximum absolute atomic E-state index is 6.37. The van der Waals surface area contributed by atoms with Crippen molar-refractivity contribution >= 4 is 60.7 Å². The average molecular weight is 609 g/mol. The smallest absolute Gasteiger partial charge is 0.160 e. The number of nitrogens with one attached hydrogen (secondary N) is 1. The molecule has 3 nitrogen and oxygen atoms in total. The maximum atomic E-state index is 6.37. The molecule has 0 aliphatic heterocycles. The third kappa shape index (κ3) is 5.87. The van der Waals surface area contributed by atoms with Gasteiger partial charge in [0.1, 0.15) is 5.58 Å². The number of hydrogen-bond donors (Lipinski definition) is 1. The molecule has 0 saturated carbocycles. The lowest BCUT2D eigenvalue weighted by Crippen LogP contribution is -1.94. The summed E-state index contributed by atoms with van der Waals surface area (Å²) in [5.41, 5.74) is 10.9. The van der Waals surface area contributed by atoms with E-state index in [0.29, 0.717) is 0 Å². The molecule has 2 aromatic heterocycles. The molecule has 228 valence electrons. The summed E-state index contributed by atoms with van der Waals surface area (Å²) in [4.78, 5) is 0. The molecule has 0 fully saturated rings. The van der Waals surface area contributed by atoms with Gasteiger partial charge in [0.25, 0.3) is 0 Å². The zero-order valence-electron chi connectivity index (χ0n) is 26.7. The largest absolute Gasteiger partial charge is 0.454 e. The molecule has 1 N–H and O–H groups in total. The topological polar surface area (TPSA) is 30.1 Å². The van der Waals surface area contributed by atoms with E-state index in [9.17, 15) is 0 Å². The predicted molar refractivity (Wildman–Crippen MR) is 202 cm³/mol. The number of hydrogen-bond acceptors (Lipinski definition) is 2. The number of aromatic nitrogens is 1. The van der Waals surface area contributed by atoms with E-state index in [1.54, 1.807) is 0 Å². The van der Waals surface area contributed by atoms with Crippen molar-refractivity contribution in [3.05, 3.63) is 182 Å². The first-order chi connectivity index (χ1) is 23.1. The van der Waals surface area contributed by atoms with Crippen LogP contribution in [0.5, 0.6) is 0 Å². The van der Waals surface area contributed by atoms with Gasteiger partial charge in [0.2, 0.25) is 0 Å². The van der Waals surface area contributed by atoms with Crippen molar-refractivity contribution in [3.63, 3.8) is 0 Å². The number of furan rings is 1. The predicted octanol–water partition coefficient (Wildman–Crippen LogP) is 12.6. The highest BCUT2D eigenvalue weighted by molar-refractivity contribution is 6.21. The van der Waals surface area contributed by atoms with Crippen molar-refractivity contribution in [2.24, 2.45) is 0 Å². The summed E-state index contributed by atoms with van der Waals surface area (Å²) in [6.45, 7) is 8.28. The second kappa shape index (κ2) is 13.1. The first-order valence-electron chi connectivity index (χ1n) is 15.9. The van der Waals surface area contributed by atoms with E-state index in [1.807, 2.05) is 73.7 Å². The molecule has 0 saturated heterocycles. The van der Waals surface area contributed by atoms with Crippen LogP contribution in [0.3, 0.4) is 0 Å². The van der Waals surface area contributed by atoms with E-state index in [0.717, 1.165) is 55.7 Å². The van der Waals surface area contributed by atoms with E-state index in [1.165, 1.54) is 21.9 Å². The molecule has 0 radical (unpaired) electrons. The minimum atomic E-state index is 0.932. The lowest BCUT2D eigenvalue weighted by atomic mass is 10.0. The summed E-state index contributed by atoms with van der Waals surface area (Å²) in [7, 11) is 0. The normalized spacial score (nSPS) is 11.5. The molecule has 47 heavy (non-hydrogen) atoms. The standard InChI is InChI=1S/C25H17NO.C19H19N/c1-16-11-14-22-21(15-16)19-12-13-20-18-9-5-6-10-23(18)27-25(20)24(19)26(22)17-7-3-2-4-8-17;1-3-4-6-11-16(2)18-14-9-10-15-19(18)20-17-12-7-5-8-13-17/h2-15H,1H3;3-15,20H,2H2,1H3/b;4-3-,11-6-. The van der Waals surface area contributed by atoms with E-state index in [2.05, 4.69) is 120 Å². The Labute approximate surface area is 275 Å². The fraction of sp³-hybridized carbons (Fsp3) is 0.0455. The Bertz CT molecular complexity index is 2410. The van der Waals surface area contributed by atoms with Crippen molar-refractivity contribution < 1.29 is 4.42 Å². The third-order valence-corrected chi connectivity index (χ3v) is 8.37. The highest BCUT2D eigenvalue weighted by Crippen LogP contribution is 2.40. The van der Waals surface area contributed by atoms with Crippen LogP contribution < -0.4 is 5.32 Å². The number of anilines is 2. The van der Waals surface area contributed by atoms with Crippen LogP contribution in [-0.4, -0.2) is 4.57 Å². The van der Waals surface area contributed by atoms with Gasteiger partial charge >= 0.3 is 0 Å². The number of rotatable bonds is 6. The first kappa shape index (κ1) is 29.6. The van der Waals surface area contributed by atoms with Crippen LogP contribution >= 0.6 is 0 Å². The first-order valence-corrected chi connectivity index (χ1v) is 15.9. The van der Waals surface area contributed by atoms with Gasteiger partial charge in [-0.05, 0) is 74.0 Å². The second-order valence-corrected chi connectivity index (χ2v) is 11.6. The monoisotopic (exact) mass is 608 g/mol. The Balaban J connectivity index is 0.000000158. The second-order valence-electron chi connectivity index (χ2n) is 11.6. The van der Waals surface area contributed by atoms with Crippen molar-refractivity contribution in [2.45, 2.75) is 13.8 Å². The van der Waals surface area contributed by atoms with Gasteiger partial charge in [-0.1, -0.05) is 121 Å². The Kier molecular flexibility index (Phi) is 8.27. The molecule has 0 amide bonds. The molecule has 0 aliphatic carbocycles. The van der Waals surface area contributed by atoms with Gasteiger partial charge in [0.05, 0.1) is 11.0 Å². The molecule has 0 atom stereocenters. The van der Waals surface area contributed by atoms with Crippen LogP contribution in [0.25, 0.3) is 55.0 Å². The van der Waals surface area contributed by atoms with Gasteiger partial charge in [-0.3, -0.25) is 0 Å². The summed E-state index contributed by atoms with van der Waals surface area (Å²) in [6, 6.07) is 48.2. The Morgan fingerprint density at radius 1 is 0.681 bits per heavy atom. The zero-order valence-corrected chi connectivity index (χ0v) is 26.7. The Morgan fingerprint density at radius 2 is 1.38 bits per heavy atom. The van der Waals surface area contributed by atoms with Crippen molar-refractivity contribution in [2.75, 3.05) is 5.32 Å². The lowest BCUT2D eigenvalue weighted by Gasteiger charge is -2.12. The fourth-order valence-corrected chi connectivity index (χ4v) is 6.16. The summed E-state index contributed by atoms with van der Waals surface area (Å²) >= 11 is 0. The number of nitrogens with zero attached hydrogens (tertiary/aromatic N) is 1. The molecular weight excluding hydrogens is 572 g/mol. The quantitative estimate of drug-likeness (QED) is 0.190. The van der Waals surface area contributed by atoms with Crippen LogP contribution in [0.2, 0.25) is 0 Å². The third-order valence-electron chi connectivity index (χ3n) is 8.37. The minimum Gasteiger partial charge on any atom is -0.454 e. The average Bonchev–Trinajstić information content (AvgIpc) is 3.65. The van der Waals surface area contributed by atoms with Gasteiger partial charge in [-0.15, -0.1) is 0 Å². The van der Waals surface area contributed by atoms with Gasteiger partial charge in [0.15, 0.2) is 5.58 Å². The zero-order chi connectivity index (χ0) is 32.2. The summed E-state index contributed by atoms with van der Waals surface area (Å²) in [5.74, 6) is 0.